The summed E-state index contributed by atoms with van der Waals surface area (Å²) in [6.45, 7) is 10.1. The van der Waals surface area contributed by atoms with E-state index in [1.165, 1.54) is 24.8 Å². The smallest absolute Gasteiger partial charge is 0.0406 e. The molecule has 0 fully saturated rings. The first kappa shape index (κ1) is 16.5. The Balaban J connectivity index is 2.70. The topological polar surface area (TPSA) is 12.0 Å². The third-order valence-corrected chi connectivity index (χ3v) is 3.83. The van der Waals surface area contributed by atoms with Crippen molar-refractivity contribution in [2.75, 3.05) is 6.54 Å². The van der Waals surface area contributed by atoms with Crippen LogP contribution >= 0.6 is 11.6 Å². The number of hydrogen-bond acceptors (Lipinski definition) is 1. The van der Waals surface area contributed by atoms with Crippen molar-refractivity contribution in [3.63, 3.8) is 0 Å². The first-order valence-corrected chi connectivity index (χ1v) is 7.89. The van der Waals surface area contributed by atoms with E-state index in [-0.39, 0.29) is 0 Å². The maximum absolute atomic E-state index is 5.98. The summed E-state index contributed by atoms with van der Waals surface area (Å²) in [6, 6.07) is 8.89. The molecule has 2 unspecified atom stereocenters. The summed E-state index contributed by atoms with van der Waals surface area (Å²) >= 11 is 5.98. The summed E-state index contributed by atoms with van der Waals surface area (Å²) in [5.41, 5.74) is 1.40. The van der Waals surface area contributed by atoms with Crippen LogP contribution in [0.1, 0.15) is 58.4 Å². The molecule has 108 valence electrons. The second kappa shape index (κ2) is 8.60. The SMILES string of the molecule is CCCC(C)CC(CNC(C)C)c1ccc(Cl)cc1. The summed E-state index contributed by atoms with van der Waals surface area (Å²) in [4.78, 5) is 0. The minimum Gasteiger partial charge on any atom is -0.314 e. The molecule has 1 nitrogen and oxygen atoms in total. The van der Waals surface area contributed by atoms with Crippen LogP contribution in [0.2, 0.25) is 5.02 Å². The first-order valence-electron chi connectivity index (χ1n) is 7.51. The van der Waals surface area contributed by atoms with E-state index in [9.17, 15) is 0 Å². The summed E-state index contributed by atoms with van der Waals surface area (Å²) in [7, 11) is 0. The fourth-order valence-corrected chi connectivity index (χ4v) is 2.67. The van der Waals surface area contributed by atoms with Crippen LogP contribution in [0.5, 0.6) is 0 Å². The largest absolute Gasteiger partial charge is 0.314 e. The molecule has 0 radical (unpaired) electrons. The normalized spacial score (nSPS) is 14.6. The number of hydrogen-bond donors (Lipinski definition) is 1. The van der Waals surface area contributed by atoms with E-state index in [0.29, 0.717) is 12.0 Å². The van der Waals surface area contributed by atoms with Gasteiger partial charge in [-0.2, -0.15) is 0 Å². The molecule has 1 rings (SSSR count). The number of benzene rings is 1. The van der Waals surface area contributed by atoms with Gasteiger partial charge in [0.25, 0.3) is 0 Å². The predicted octanol–water partition coefficient (Wildman–Crippen LogP) is 5.25. The van der Waals surface area contributed by atoms with E-state index in [2.05, 4.69) is 45.1 Å². The third kappa shape index (κ3) is 6.44. The van der Waals surface area contributed by atoms with E-state index in [1.54, 1.807) is 0 Å². The average Bonchev–Trinajstić information content (AvgIpc) is 2.35. The Kier molecular flexibility index (Phi) is 7.48. The molecule has 2 heteroatoms. The van der Waals surface area contributed by atoms with Gasteiger partial charge in [0.1, 0.15) is 0 Å². The average molecular weight is 282 g/mol. The van der Waals surface area contributed by atoms with Crippen LogP contribution in [0, 0.1) is 5.92 Å². The summed E-state index contributed by atoms with van der Waals surface area (Å²) < 4.78 is 0. The van der Waals surface area contributed by atoms with Crippen molar-refractivity contribution in [2.45, 2.75) is 58.9 Å². The highest BCUT2D eigenvalue weighted by Gasteiger charge is 2.15. The zero-order chi connectivity index (χ0) is 14.3. The summed E-state index contributed by atoms with van der Waals surface area (Å²) in [5.74, 6) is 1.36. The molecule has 0 aliphatic rings. The van der Waals surface area contributed by atoms with Gasteiger partial charge in [0.15, 0.2) is 0 Å². The molecular formula is C17H28ClN. The minimum atomic E-state index is 0.538. The van der Waals surface area contributed by atoms with Crippen molar-refractivity contribution in [2.24, 2.45) is 5.92 Å². The Morgan fingerprint density at radius 3 is 2.26 bits per heavy atom. The van der Waals surface area contributed by atoms with Gasteiger partial charge < -0.3 is 5.32 Å². The molecule has 0 saturated heterocycles. The highest BCUT2D eigenvalue weighted by molar-refractivity contribution is 6.30. The van der Waals surface area contributed by atoms with Crippen LogP contribution in [0.4, 0.5) is 0 Å². The summed E-state index contributed by atoms with van der Waals surface area (Å²) in [6.07, 6.45) is 3.83. The van der Waals surface area contributed by atoms with Gasteiger partial charge in [-0.3, -0.25) is 0 Å². The molecule has 0 bridgehead atoms. The molecule has 1 N–H and O–H groups in total. The second-order valence-electron chi connectivity index (χ2n) is 5.94. The van der Waals surface area contributed by atoms with Gasteiger partial charge in [-0.05, 0) is 36.0 Å². The molecule has 1 aromatic carbocycles. The maximum Gasteiger partial charge on any atom is 0.0406 e. The van der Waals surface area contributed by atoms with E-state index in [1.807, 2.05) is 12.1 Å². The fourth-order valence-electron chi connectivity index (χ4n) is 2.55. The lowest BCUT2D eigenvalue weighted by molar-refractivity contribution is 0.410. The number of halogens is 1. The standard InChI is InChI=1S/C17H28ClN/c1-5-6-14(4)11-16(12-19-13(2)3)15-7-9-17(18)10-8-15/h7-10,13-14,16,19H,5-6,11-12H2,1-4H3. The molecule has 19 heavy (non-hydrogen) atoms. The molecule has 0 saturated carbocycles. The van der Waals surface area contributed by atoms with Crippen LogP contribution in [0.3, 0.4) is 0 Å². The Labute approximate surface area is 123 Å². The minimum absolute atomic E-state index is 0.538. The molecule has 0 aliphatic heterocycles. The molecule has 2 atom stereocenters. The van der Waals surface area contributed by atoms with Crippen LogP contribution in [-0.2, 0) is 0 Å². The second-order valence-corrected chi connectivity index (χ2v) is 6.38. The van der Waals surface area contributed by atoms with Gasteiger partial charge in [-0.15, -0.1) is 0 Å². The number of nitrogens with one attached hydrogen (secondary N) is 1. The Morgan fingerprint density at radius 2 is 1.74 bits per heavy atom. The Hall–Kier alpha value is -0.530. The van der Waals surface area contributed by atoms with Crippen LogP contribution < -0.4 is 5.32 Å². The van der Waals surface area contributed by atoms with Crippen LogP contribution in [0.15, 0.2) is 24.3 Å². The molecule has 0 aliphatic carbocycles. The van der Waals surface area contributed by atoms with Gasteiger partial charge in [-0.1, -0.05) is 64.3 Å². The van der Waals surface area contributed by atoms with E-state index in [4.69, 9.17) is 11.6 Å². The monoisotopic (exact) mass is 281 g/mol. The third-order valence-electron chi connectivity index (χ3n) is 3.58. The lowest BCUT2D eigenvalue weighted by atomic mass is 9.87. The fraction of sp³-hybridized carbons (Fsp3) is 0.647. The van der Waals surface area contributed by atoms with Crippen molar-refractivity contribution in [1.29, 1.82) is 0 Å². The maximum atomic E-state index is 5.98. The van der Waals surface area contributed by atoms with Gasteiger partial charge in [0.2, 0.25) is 0 Å². The highest BCUT2D eigenvalue weighted by Crippen LogP contribution is 2.26. The predicted molar refractivity (Wildman–Crippen MR) is 86.0 cm³/mol. The van der Waals surface area contributed by atoms with Crippen molar-refractivity contribution in [1.82, 2.24) is 5.32 Å². The van der Waals surface area contributed by atoms with E-state index < -0.39 is 0 Å². The molecule has 0 spiro atoms. The highest BCUT2D eigenvalue weighted by atomic mass is 35.5. The Bertz CT molecular complexity index is 345. The molecule has 0 aromatic heterocycles. The molecule has 0 heterocycles. The van der Waals surface area contributed by atoms with Gasteiger partial charge in [0.05, 0.1) is 0 Å². The zero-order valence-electron chi connectivity index (χ0n) is 12.7. The van der Waals surface area contributed by atoms with Crippen molar-refractivity contribution in [3.05, 3.63) is 34.9 Å². The van der Waals surface area contributed by atoms with Gasteiger partial charge in [0, 0.05) is 17.6 Å². The first-order chi connectivity index (χ1) is 9.02. The van der Waals surface area contributed by atoms with Gasteiger partial charge >= 0.3 is 0 Å². The lowest BCUT2D eigenvalue weighted by Crippen LogP contribution is -2.28. The Morgan fingerprint density at radius 1 is 1.11 bits per heavy atom. The zero-order valence-corrected chi connectivity index (χ0v) is 13.5. The van der Waals surface area contributed by atoms with E-state index >= 15 is 0 Å². The molecule has 0 amide bonds. The van der Waals surface area contributed by atoms with Crippen molar-refractivity contribution >= 4 is 11.6 Å². The van der Waals surface area contributed by atoms with Crippen LogP contribution in [-0.4, -0.2) is 12.6 Å². The van der Waals surface area contributed by atoms with E-state index in [0.717, 1.165) is 17.5 Å². The summed E-state index contributed by atoms with van der Waals surface area (Å²) in [5, 5.41) is 4.39. The van der Waals surface area contributed by atoms with Crippen molar-refractivity contribution in [3.8, 4) is 0 Å². The van der Waals surface area contributed by atoms with Crippen molar-refractivity contribution < 1.29 is 0 Å². The quantitative estimate of drug-likeness (QED) is 0.686. The van der Waals surface area contributed by atoms with Crippen LogP contribution in [0.25, 0.3) is 0 Å². The van der Waals surface area contributed by atoms with Gasteiger partial charge in [-0.25, -0.2) is 0 Å². The number of rotatable bonds is 8. The molecular weight excluding hydrogens is 254 g/mol. The lowest BCUT2D eigenvalue weighted by Gasteiger charge is -2.23. The molecule has 1 aromatic rings.